The second kappa shape index (κ2) is 4.61. The van der Waals surface area contributed by atoms with E-state index in [2.05, 4.69) is 0 Å². The number of carbonyl (C=O) groups excluding carboxylic acids is 1. The van der Waals surface area contributed by atoms with Gasteiger partial charge in [-0.3, -0.25) is 4.79 Å². The molecule has 0 bridgehead atoms. The van der Waals surface area contributed by atoms with E-state index in [1.807, 2.05) is 12.2 Å². The van der Waals surface area contributed by atoms with Gasteiger partial charge in [-0.05, 0) is 24.0 Å². The molecule has 2 rings (SSSR count). The molecule has 17 heavy (non-hydrogen) atoms. The molecule has 0 fully saturated rings. The van der Waals surface area contributed by atoms with Crippen molar-refractivity contribution in [2.24, 2.45) is 5.92 Å². The van der Waals surface area contributed by atoms with Crippen LogP contribution in [-0.4, -0.2) is 42.3 Å². The van der Waals surface area contributed by atoms with Gasteiger partial charge in [0.1, 0.15) is 0 Å². The van der Waals surface area contributed by atoms with Crippen LogP contribution in [0.1, 0.15) is 12.8 Å². The summed E-state index contributed by atoms with van der Waals surface area (Å²) in [4.78, 5) is 23.7. The van der Waals surface area contributed by atoms with Gasteiger partial charge in [0.2, 0.25) is 0 Å². The zero-order valence-corrected chi connectivity index (χ0v) is 9.68. The molecule has 0 aromatic rings. The summed E-state index contributed by atoms with van der Waals surface area (Å²) in [6, 6.07) is 0. The number of allylic oxidation sites excluding steroid dienone is 1. The highest BCUT2D eigenvalue weighted by atomic mass is 16.5. The molecular weight excluding hydrogens is 222 g/mol. The fourth-order valence-electron chi connectivity index (χ4n) is 2.28. The summed E-state index contributed by atoms with van der Waals surface area (Å²) >= 11 is 0. The Morgan fingerprint density at radius 3 is 2.94 bits per heavy atom. The van der Waals surface area contributed by atoms with Crippen LogP contribution in [0.4, 0.5) is 4.79 Å². The minimum Gasteiger partial charge on any atom is -0.469 e. The summed E-state index contributed by atoms with van der Waals surface area (Å²) in [5.74, 6) is -0.534. The minimum absolute atomic E-state index is 0.264. The number of hydrogen-bond acceptors (Lipinski definition) is 3. The summed E-state index contributed by atoms with van der Waals surface area (Å²) in [7, 11) is 1.37. The van der Waals surface area contributed by atoms with E-state index in [-0.39, 0.29) is 11.9 Å². The summed E-state index contributed by atoms with van der Waals surface area (Å²) in [6.45, 7) is 0.934. The predicted molar refractivity (Wildman–Crippen MR) is 60.5 cm³/mol. The van der Waals surface area contributed by atoms with E-state index in [0.717, 1.165) is 12.0 Å². The molecule has 5 nitrogen and oxygen atoms in total. The molecule has 1 aliphatic heterocycles. The Hall–Kier alpha value is -1.78. The van der Waals surface area contributed by atoms with E-state index in [9.17, 15) is 9.59 Å². The van der Waals surface area contributed by atoms with Crippen LogP contribution in [0.5, 0.6) is 0 Å². The van der Waals surface area contributed by atoms with Crippen molar-refractivity contribution in [3.63, 3.8) is 0 Å². The van der Waals surface area contributed by atoms with Gasteiger partial charge in [-0.15, -0.1) is 0 Å². The third kappa shape index (κ3) is 2.33. The number of rotatable bonds is 1. The number of nitrogens with zero attached hydrogens (tertiary/aromatic N) is 1. The molecule has 0 aromatic carbocycles. The number of amides is 1. The average Bonchev–Trinajstić information content (AvgIpc) is 2.36. The Labute approximate surface area is 99.4 Å². The van der Waals surface area contributed by atoms with Crippen molar-refractivity contribution in [1.82, 2.24) is 4.90 Å². The lowest BCUT2D eigenvalue weighted by molar-refractivity contribution is -0.143. The molecule has 5 heteroatoms. The van der Waals surface area contributed by atoms with E-state index in [1.165, 1.54) is 17.6 Å². The molecule has 0 spiro atoms. The minimum atomic E-state index is -0.902. The number of ether oxygens (including phenoxy) is 1. The molecule has 1 aliphatic carbocycles. The number of methoxy groups -OCH3 is 1. The molecule has 1 amide bonds. The lowest BCUT2D eigenvalue weighted by atomic mass is 9.86. The van der Waals surface area contributed by atoms with Crippen molar-refractivity contribution in [1.29, 1.82) is 0 Å². The number of esters is 1. The van der Waals surface area contributed by atoms with Gasteiger partial charge in [0.05, 0.1) is 13.0 Å². The first-order chi connectivity index (χ1) is 8.11. The van der Waals surface area contributed by atoms with Crippen LogP contribution in [-0.2, 0) is 9.53 Å². The summed E-state index contributed by atoms with van der Waals surface area (Å²) in [5.41, 5.74) is 2.21. The first-order valence-electron chi connectivity index (χ1n) is 5.56. The quantitative estimate of drug-likeness (QED) is 0.700. The Morgan fingerprint density at radius 1 is 1.53 bits per heavy atom. The molecule has 1 unspecified atom stereocenters. The molecule has 0 radical (unpaired) electrons. The highest BCUT2D eigenvalue weighted by molar-refractivity contribution is 5.75. The standard InChI is InChI=1S/C12H15NO4/c1-17-11(14)9-3-2-8-4-5-13(12(15)16)7-10(8)6-9/h2-3,9H,4-7H2,1H3,(H,15,16). The number of carbonyl (C=O) groups is 2. The van der Waals surface area contributed by atoms with Gasteiger partial charge >= 0.3 is 12.1 Å². The van der Waals surface area contributed by atoms with Crippen molar-refractivity contribution in [2.75, 3.05) is 20.2 Å². The highest BCUT2D eigenvalue weighted by Gasteiger charge is 2.28. The monoisotopic (exact) mass is 237 g/mol. The highest BCUT2D eigenvalue weighted by Crippen LogP contribution is 2.30. The van der Waals surface area contributed by atoms with Crippen LogP contribution < -0.4 is 0 Å². The molecule has 0 aromatic heterocycles. The fourth-order valence-corrected chi connectivity index (χ4v) is 2.28. The SMILES string of the molecule is COC(=O)C1C=CC2=C(C1)CN(C(=O)O)CC2. The van der Waals surface area contributed by atoms with Crippen molar-refractivity contribution < 1.29 is 19.4 Å². The van der Waals surface area contributed by atoms with Gasteiger partial charge in [-0.1, -0.05) is 12.2 Å². The predicted octanol–water partition coefficient (Wildman–Crippen LogP) is 1.42. The fraction of sp³-hybridized carbons (Fsp3) is 0.500. The van der Waals surface area contributed by atoms with Crippen molar-refractivity contribution in [2.45, 2.75) is 12.8 Å². The largest absolute Gasteiger partial charge is 0.469 e. The average molecular weight is 237 g/mol. The summed E-state index contributed by atoms with van der Waals surface area (Å²) in [5, 5.41) is 8.94. The molecule has 2 aliphatic rings. The van der Waals surface area contributed by atoms with Gasteiger partial charge in [0, 0.05) is 13.1 Å². The van der Waals surface area contributed by atoms with Crippen molar-refractivity contribution >= 4 is 12.1 Å². The zero-order chi connectivity index (χ0) is 12.4. The van der Waals surface area contributed by atoms with E-state index >= 15 is 0 Å². The normalized spacial score (nSPS) is 23.4. The lowest BCUT2D eigenvalue weighted by Gasteiger charge is -2.31. The second-order valence-corrected chi connectivity index (χ2v) is 4.28. The Morgan fingerprint density at radius 2 is 2.29 bits per heavy atom. The van der Waals surface area contributed by atoms with Crippen LogP contribution in [0.15, 0.2) is 23.3 Å². The summed E-state index contributed by atoms with van der Waals surface area (Å²) < 4.78 is 4.70. The van der Waals surface area contributed by atoms with Gasteiger partial charge in [0.25, 0.3) is 0 Å². The molecule has 0 saturated heterocycles. The van der Waals surface area contributed by atoms with Crippen LogP contribution >= 0.6 is 0 Å². The van der Waals surface area contributed by atoms with E-state index in [0.29, 0.717) is 19.5 Å². The summed E-state index contributed by atoms with van der Waals surface area (Å²) in [6.07, 6.45) is 4.18. The first kappa shape index (κ1) is 11.7. The third-order valence-corrected chi connectivity index (χ3v) is 3.26. The first-order valence-corrected chi connectivity index (χ1v) is 5.56. The number of hydrogen-bond donors (Lipinski definition) is 1. The maximum Gasteiger partial charge on any atom is 0.407 e. The number of carboxylic acid groups (broad SMARTS) is 1. The van der Waals surface area contributed by atoms with Crippen molar-refractivity contribution in [3.8, 4) is 0 Å². The smallest absolute Gasteiger partial charge is 0.407 e. The van der Waals surface area contributed by atoms with Gasteiger partial charge in [-0.2, -0.15) is 0 Å². The zero-order valence-electron chi connectivity index (χ0n) is 9.68. The van der Waals surface area contributed by atoms with Crippen LogP contribution in [0.25, 0.3) is 0 Å². The van der Waals surface area contributed by atoms with E-state index in [1.54, 1.807) is 0 Å². The maximum absolute atomic E-state index is 11.4. The topological polar surface area (TPSA) is 66.8 Å². The van der Waals surface area contributed by atoms with E-state index < -0.39 is 6.09 Å². The van der Waals surface area contributed by atoms with Crippen LogP contribution in [0, 0.1) is 5.92 Å². The molecule has 1 heterocycles. The molecular formula is C12H15NO4. The van der Waals surface area contributed by atoms with Crippen LogP contribution in [0.2, 0.25) is 0 Å². The third-order valence-electron chi connectivity index (χ3n) is 3.26. The van der Waals surface area contributed by atoms with Crippen LogP contribution in [0.3, 0.4) is 0 Å². The van der Waals surface area contributed by atoms with E-state index in [4.69, 9.17) is 9.84 Å². The van der Waals surface area contributed by atoms with Gasteiger partial charge in [0.15, 0.2) is 0 Å². The van der Waals surface area contributed by atoms with Gasteiger partial charge in [-0.25, -0.2) is 4.79 Å². The lowest BCUT2D eigenvalue weighted by Crippen LogP contribution is -2.37. The van der Waals surface area contributed by atoms with Gasteiger partial charge < -0.3 is 14.7 Å². The van der Waals surface area contributed by atoms with Crippen molar-refractivity contribution in [3.05, 3.63) is 23.3 Å². The Kier molecular flexibility index (Phi) is 3.17. The Bertz CT molecular complexity index is 411. The maximum atomic E-state index is 11.4. The second-order valence-electron chi connectivity index (χ2n) is 4.28. The molecule has 1 N–H and O–H groups in total. The molecule has 92 valence electrons. The Balaban J connectivity index is 2.10. The molecule has 0 saturated carbocycles. The molecule has 1 atom stereocenters.